The first kappa shape index (κ1) is 18.6. The highest BCUT2D eigenvalue weighted by Gasteiger charge is 2.42. The number of ether oxygens (including phenoxy) is 1. The fourth-order valence-corrected chi connectivity index (χ4v) is 3.66. The number of nitrogens with zero attached hydrogens (tertiary/aromatic N) is 2. The van der Waals surface area contributed by atoms with Gasteiger partial charge in [0.25, 0.3) is 5.88 Å². The number of allylic oxidation sites excluding steroid dienone is 1. The molecule has 1 aromatic heterocycles. The molecule has 8 heteroatoms. The van der Waals surface area contributed by atoms with E-state index in [1.54, 1.807) is 37.5 Å². The molecule has 29 heavy (non-hydrogen) atoms. The molecule has 7 nitrogen and oxygen atoms in total. The van der Waals surface area contributed by atoms with Crippen LogP contribution in [0.5, 0.6) is 0 Å². The summed E-state index contributed by atoms with van der Waals surface area (Å²) in [6.07, 6.45) is 1.74. The van der Waals surface area contributed by atoms with Gasteiger partial charge in [0.05, 0.1) is 16.6 Å². The van der Waals surface area contributed by atoms with Crippen LogP contribution in [-0.4, -0.2) is 17.0 Å². The molecule has 0 bridgehead atoms. The second-order valence-electron chi connectivity index (χ2n) is 6.41. The van der Waals surface area contributed by atoms with Crippen molar-refractivity contribution < 1.29 is 9.66 Å². The van der Waals surface area contributed by atoms with Crippen LogP contribution < -0.4 is 5.32 Å². The van der Waals surface area contributed by atoms with Crippen LogP contribution in [0.25, 0.3) is 16.7 Å². The zero-order valence-electron chi connectivity index (χ0n) is 15.3. The Hall–Kier alpha value is -3.76. The summed E-state index contributed by atoms with van der Waals surface area (Å²) in [7, 11) is 1.54. The Kier molecular flexibility index (Phi) is 4.71. The molecule has 1 aliphatic heterocycles. The molecular weight excluding hydrogens is 392 g/mol. The number of para-hydroxylation sites is 1. The van der Waals surface area contributed by atoms with E-state index < -0.39 is 10.8 Å². The maximum Gasteiger partial charge on any atom is 0.318 e. The second kappa shape index (κ2) is 7.34. The molecule has 2 N–H and O–H groups in total. The molecule has 144 valence electrons. The van der Waals surface area contributed by atoms with E-state index in [0.29, 0.717) is 16.1 Å². The van der Waals surface area contributed by atoms with E-state index in [1.807, 2.05) is 24.3 Å². The summed E-state index contributed by atoms with van der Waals surface area (Å²) in [5, 5.41) is 26.0. The summed E-state index contributed by atoms with van der Waals surface area (Å²) in [6.45, 7) is 0. The van der Waals surface area contributed by atoms with E-state index in [9.17, 15) is 15.4 Å². The predicted molar refractivity (Wildman–Crippen MR) is 109 cm³/mol. The summed E-state index contributed by atoms with van der Waals surface area (Å²) in [4.78, 5) is 14.5. The van der Waals surface area contributed by atoms with Gasteiger partial charge in [0.15, 0.2) is 5.76 Å². The lowest BCUT2D eigenvalue weighted by Gasteiger charge is -2.25. The predicted octanol–water partition coefficient (Wildman–Crippen LogP) is 4.54. The van der Waals surface area contributed by atoms with Crippen molar-refractivity contribution >= 4 is 28.3 Å². The number of halogens is 1. The van der Waals surface area contributed by atoms with Gasteiger partial charge >= 0.3 is 5.70 Å². The molecular formula is C21H15ClN4O3. The normalized spacial score (nSPS) is 16.5. The van der Waals surface area contributed by atoms with Crippen molar-refractivity contribution in [2.24, 2.45) is 0 Å². The van der Waals surface area contributed by atoms with Gasteiger partial charge in [0.1, 0.15) is 5.92 Å². The fraction of sp³-hybridized carbons (Fsp3) is 0.0952. The summed E-state index contributed by atoms with van der Waals surface area (Å²) in [6, 6.07) is 16.4. The van der Waals surface area contributed by atoms with Crippen LogP contribution in [0, 0.1) is 21.4 Å². The number of hydrogen-bond acceptors (Lipinski definition) is 5. The third kappa shape index (κ3) is 3.10. The summed E-state index contributed by atoms with van der Waals surface area (Å²) >= 11 is 5.99. The first-order valence-electron chi connectivity index (χ1n) is 8.75. The molecule has 0 spiro atoms. The van der Waals surface area contributed by atoms with Gasteiger partial charge in [0, 0.05) is 34.7 Å². The Morgan fingerprint density at radius 2 is 1.97 bits per heavy atom. The minimum Gasteiger partial charge on any atom is -0.434 e. The van der Waals surface area contributed by atoms with Crippen LogP contribution in [0.15, 0.2) is 71.9 Å². The molecule has 0 saturated carbocycles. The third-order valence-corrected chi connectivity index (χ3v) is 5.08. The number of benzene rings is 2. The quantitative estimate of drug-likeness (QED) is 0.489. The lowest BCUT2D eigenvalue weighted by atomic mass is 9.85. The Morgan fingerprint density at radius 3 is 2.62 bits per heavy atom. The molecule has 4 rings (SSSR count). The molecule has 0 amide bonds. The highest BCUT2D eigenvalue weighted by atomic mass is 35.5. The Morgan fingerprint density at radius 1 is 1.24 bits per heavy atom. The standard InChI is InChI=1S/C21H15ClN4O3/c1-24-21-19(26(27)28)18(12-6-8-13(22)9-7-12)15(10-23)20(29-21)16-11-25-17-5-3-2-4-14(16)17/h2-9,11,18,24-25H,1H3. The zero-order chi connectivity index (χ0) is 20.5. The second-order valence-corrected chi connectivity index (χ2v) is 6.85. The number of rotatable bonds is 4. The minimum absolute atomic E-state index is 0.00534. The number of H-pyrrole nitrogens is 1. The number of nitrogens with one attached hydrogen (secondary N) is 2. The van der Waals surface area contributed by atoms with Gasteiger partial charge in [-0.1, -0.05) is 41.9 Å². The average molecular weight is 407 g/mol. The Bertz CT molecular complexity index is 1220. The number of aromatic amines is 1. The monoisotopic (exact) mass is 406 g/mol. The molecule has 2 heterocycles. The van der Waals surface area contributed by atoms with Crippen molar-refractivity contribution in [1.82, 2.24) is 10.3 Å². The van der Waals surface area contributed by atoms with Crippen LogP contribution >= 0.6 is 11.6 Å². The highest BCUT2D eigenvalue weighted by molar-refractivity contribution is 6.30. The lowest BCUT2D eigenvalue weighted by Crippen LogP contribution is -2.26. The van der Waals surface area contributed by atoms with Crippen molar-refractivity contribution in [1.29, 1.82) is 5.26 Å². The highest BCUT2D eigenvalue weighted by Crippen LogP contribution is 2.44. The maximum absolute atomic E-state index is 11.9. The number of fused-ring (bicyclic) bond motifs is 1. The molecule has 2 aromatic carbocycles. The van der Waals surface area contributed by atoms with Gasteiger partial charge in [-0.2, -0.15) is 5.26 Å². The Labute approximate surface area is 171 Å². The summed E-state index contributed by atoms with van der Waals surface area (Å²) < 4.78 is 5.88. The molecule has 0 aliphatic carbocycles. The van der Waals surface area contributed by atoms with E-state index in [2.05, 4.69) is 16.4 Å². The van der Waals surface area contributed by atoms with E-state index in [4.69, 9.17) is 16.3 Å². The van der Waals surface area contributed by atoms with E-state index >= 15 is 0 Å². The van der Waals surface area contributed by atoms with Crippen LogP contribution in [0.4, 0.5) is 0 Å². The smallest absolute Gasteiger partial charge is 0.318 e. The SMILES string of the molecule is CNC1=C([N+](=O)[O-])C(c2ccc(Cl)cc2)C(C#N)=C(c2c[nH]c3ccccc23)O1. The number of aromatic nitrogens is 1. The van der Waals surface area contributed by atoms with Crippen molar-refractivity contribution in [2.45, 2.75) is 5.92 Å². The van der Waals surface area contributed by atoms with Crippen molar-refractivity contribution in [3.05, 3.63) is 98.1 Å². The van der Waals surface area contributed by atoms with E-state index in [1.165, 1.54) is 0 Å². The maximum atomic E-state index is 11.9. The number of hydrogen-bond donors (Lipinski definition) is 2. The minimum atomic E-state index is -0.910. The van der Waals surface area contributed by atoms with Crippen LogP contribution in [0.2, 0.25) is 5.02 Å². The van der Waals surface area contributed by atoms with Crippen LogP contribution in [-0.2, 0) is 4.74 Å². The van der Waals surface area contributed by atoms with Gasteiger partial charge < -0.3 is 15.0 Å². The van der Waals surface area contributed by atoms with Gasteiger partial charge in [0.2, 0.25) is 0 Å². The van der Waals surface area contributed by atoms with Gasteiger partial charge in [-0.25, -0.2) is 0 Å². The fourth-order valence-electron chi connectivity index (χ4n) is 3.53. The van der Waals surface area contributed by atoms with Crippen LogP contribution in [0.1, 0.15) is 17.0 Å². The van der Waals surface area contributed by atoms with E-state index in [-0.39, 0.29) is 22.9 Å². The molecule has 1 unspecified atom stereocenters. The molecule has 0 fully saturated rings. The van der Waals surface area contributed by atoms with Crippen molar-refractivity contribution in [2.75, 3.05) is 7.05 Å². The first-order valence-corrected chi connectivity index (χ1v) is 9.13. The van der Waals surface area contributed by atoms with Gasteiger partial charge in [-0.05, 0) is 23.8 Å². The van der Waals surface area contributed by atoms with Crippen molar-refractivity contribution in [3.63, 3.8) is 0 Å². The lowest BCUT2D eigenvalue weighted by molar-refractivity contribution is -0.433. The van der Waals surface area contributed by atoms with Crippen LogP contribution in [0.3, 0.4) is 0 Å². The average Bonchev–Trinajstić information content (AvgIpc) is 3.16. The molecule has 1 aliphatic rings. The van der Waals surface area contributed by atoms with Crippen molar-refractivity contribution in [3.8, 4) is 6.07 Å². The molecule has 0 saturated heterocycles. The first-order chi connectivity index (χ1) is 14.0. The van der Waals surface area contributed by atoms with E-state index in [0.717, 1.165) is 10.9 Å². The number of nitriles is 1. The van der Waals surface area contributed by atoms with Gasteiger partial charge in [-0.3, -0.25) is 10.1 Å². The van der Waals surface area contributed by atoms with Gasteiger partial charge in [-0.15, -0.1) is 0 Å². The molecule has 0 radical (unpaired) electrons. The third-order valence-electron chi connectivity index (χ3n) is 4.82. The topological polar surface area (TPSA) is 104 Å². The number of nitro groups is 1. The Balaban J connectivity index is 2.00. The summed E-state index contributed by atoms with van der Waals surface area (Å²) in [5.74, 6) is -0.638. The molecule has 1 atom stereocenters. The summed E-state index contributed by atoms with van der Waals surface area (Å²) in [5.41, 5.74) is 2.03. The zero-order valence-corrected chi connectivity index (χ0v) is 16.0. The largest absolute Gasteiger partial charge is 0.434 e. The molecule has 3 aromatic rings.